The van der Waals surface area contributed by atoms with E-state index >= 15 is 0 Å². The van der Waals surface area contributed by atoms with E-state index in [1.54, 1.807) is 18.2 Å². The van der Waals surface area contributed by atoms with Crippen molar-refractivity contribution in [1.82, 2.24) is 0 Å². The normalized spacial score (nSPS) is 11.2. The molecule has 0 saturated carbocycles. The number of oxime groups is 1. The summed E-state index contributed by atoms with van der Waals surface area (Å²) in [5.41, 5.74) is 1.93. The number of aliphatic carboxylic acids is 1. The number of rotatable bonds is 12. The van der Waals surface area contributed by atoms with E-state index in [9.17, 15) is 9.90 Å². The molecule has 0 unspecified atom stereocenters. The Bertz CT molecular complexity index is 1110. The fourth-order valence-electron chi connectivity index (χ4n) is 3.15. The maximum absolute atomic E-state index is 11.2. The number of ether oxygens (including phenoxy) is 3. The number of hydrogen-bond donors (Lipinski definition) is 1. The summed E-state index contributed by atoms with van der Waals surface area (Å²) in [7, 11) is 0. The molecule has 7 nitrogen and oxygen atoms in total. The molecule has 0 spiro atoms. The molecule has 0 amide bonds. The molecule has 3 aromatic rings. The maximum atomic E-state index is 11.2. The minimum atomic E-state index is -0.929. The average Bonchev–Trinajstić information content (AvgIpc) is 2.79. The second kappa shape index (κ2) is 12.3. The predicted octanol–water partition coefficient (Wildman–Crippen LogP) is 5.71. The lowest BCUT2D eigenvalue weighted by molar-refractivity contribution is -0.136. The summed E-state index contributed by atoms with van der Waals surface area (Å²) >= 11 is 0. The van der Waals surface area contributed by atoms with Gasteiger partial charge in [-0.25, -0.2) is 0 Å². The summed E-state index contributed by atoms with van der Waals surface area (Å²) in [4.78, 5) is 16.5. The van der Waals surface area contributed by atoms with E-state index in [1.165, 1.54) is 0 Å². The Kier molecular flexibility index (Phi) is 8.91. The van der Waals surface area contributed by atoms with E-state index in [0.717, 1.165) is 11.3 Å². The van der Waals surface area contributed by atoms with Crippen LogP contribution in [0, 0.1) is 0 Å². The van der Waals surface area contributed by atoms with Crippen molar-refractivity contribution >= 4 is 11.7 Å². The smallest absolute Gasteiger partial charge is 0.307 e. The van der Waals surface area contributed by atoms with Crippen molar-refractivity contribution in [1.29, 1.82) is 0 Å². The first-order valence-corrected chi connectivity index (χ1v) is 11.1. The van der Waals surface area contributed by atoms with Crippen molar-refractivity contribution in [3.63, 3.8) is 0 Å². The third-order valence-electron chi connectivity index (χ3n) is 4.49. The zero-order valence-electron chi connectivity index (χ0n) is 19.6. The summed E-state index contributed by atoms with van der Waals surface area (Å²) in [5, 5.41) is 13.4. The molecule has 0 bridgehead atoms. The van der Waals surface area contributed by atoms with Crippen molar-refractivity contribution in [3.8, 4) is 23.0 Å². The molecule has 0 saturated heterocycles. The van der Waals surface area contributed by atoms with Crippen LogP contribution in [0.2, 0.25) is 0 Å². The molecule has 0 heterocycles. The second-order valence-electron chi connectivity index (χ2n) is 7.74. The van der Waals surface area contributed by atoms with Crippen LogP contribution in [0.3, 0.4) is 0 Å². The van der Waals surface area contributed by atoms with E-state index in [0.29, 0.717) is 35.1 Å². The van der Waals surface area contributed by atoms with Crippen LogP contribution in [0.4, 0.5) is 0 Å². The van der Waals surface area contributed by atoms with Gasteiger partial charge in [-0.1, -0.05) is 35.5 Å². The number of hydrogen-bond acceptors (Lipinski definition) is 6. The van der Waals surface area contributed by atoms with Gasteiger partial charge in [0.1, 0.15) is 41.9 Å². The van der Waals surface area contributed by atoms with E-state index in [1.807, 2.05) is 75.4 Å². The first kappa shape index (κ1) is 24.6. The van der Waals surface area contributed by atoms with Gasteiger partial charge >= 0.3 is 5.97 Å². The third kappa shape index (κ3) is 7.85. The lowest BCUT2D eigenvalue weighted by atomic mass is 10.1. The fraction of sp³-hybridized carbons (Fsp3) is 0.259. The number of nitrogens with zero attached hydrogens (tertiary/aromatic N) is 1. The number of carboxylic acids is 1. The van der Waals surface area contributed by atoms with Crippen molar-refractivity contribution < 1.29 is 28.9 Å². The van der Waals surface area contributed by atoms with Gasteiger partial charge in [-0.15, -0.1) is 0 Å². The Labute approximate surface area is 199 Å². The molecular formula is C27H29NO6. The molecule has 7 heteroatoms. The minimum absolute atomic E-state index is 0.0599. The number of carbonyl (C=O) groups is 1. The van der Waals surface area contributed by atoms with Crippen LogP contribution in [0.5, 0.6) is 23.0 Å². The fourth-order valence-corrected chi connectivity index (χ4v) is 3.15. The Morgan fingerprint density at radius 3 is 2.35 bits per heavy atom. The standard InChI is InChI=1S/C27H29NO6/c1-4-32-28-26(21-9-8-12-23(16-21)34-22-10-6-5-7-11-22)18-31-24-13-20(15-27(29)30)14-25(17-24)33-19(2)3/h5-14,16-17,19H,4,15,18H2,1-3H3,(H,29,30)/b28-26+. The molecule has 0 fully saturated rings. The highest BCUT2D eigenvalue weighted by atomic mass is 16.6. The largest absolute Gasteiger partial charge is 0.491 e. The van der Waals surface area contributed by atoms with E-state index in [2.05, 4.69) is 5.16 Å². The number of benzene rings is 3. The second-order valence-corrected chi connectivity index (χ2v) is 7.74. The molecule has 0 aliphatic rings. The topological polar surface area (TPSA) is 86.6 Å². The lowest BCUT2D eigenvalue weighted by Crippen LogP contribution is -2.14. The van der Waals surface area contributed by atoms with E-state index in [4.69, 9.17) is 19.0 Å². The van der Waals surface area contributed by atoms with E-state index in [-0.39, 0.29) is 19.1 Å². The minimum Gasteiger partial charge on any atom is -0.491 e. The molecule has 0 aliphatic heterocycles. The van der Waals surface area contributed by atoms with Crippen LogP contribution in [0.25, 0.3) is 0 Å². The van der Waals surface area contributed by atoms with E-state index < -0.39 is 5.97 Å². The van der Waals surface area contributed by atoms with Gasteiger partial charge < -0.3 is 24.2 Å². The summed E-state index contributed by atoms with van der Waals surface area (Å²) in [6, 6.07) is 22.1. The van der Waals surface area contributed by atoms with Crippen molar-refractivity contribution in [3.05, 3.63) is 83.9 Å². The van der Waals surface area contributed by atoms with Gasteiger partial charge in [-0.3, -0.25) is 4.79 Å². The molecule has 0 aromatic heterocycles. The quantitative estimate of drug-likeness (QED) is 0.273. The molecule has 0 aliphatic carbocycles. The predicted molar refractivity (Wildman–Crippen MR) is 130 cm³/mol. The molecule has 3 rings (SSSR count). The highest BCUT2D eigenvalue weighted by Gasteiger charge is 2.12. The van der Waals surface area contributed by atoms with Gasteiger partial charge in [0, 0.05) is 11.6 Å². The number of para-hydroxylation sites is 1. The summed E-state index contributed by atoms with van der Waals surface area (Å²) in [6.45, 7) is 6.17. The first-order valence-electron chi connectivity index (χ1n) is 11.1. The molecule has 0 radical (unpaired) electrons. The summed E-state index contributed by atoms with van der Waals surface area (Å²) < 4.78 is 17.7. The molecule has 178 valence electrons. The van der Waals surface area contributed by atoms with Crippen LogP contribution < -0.4 is 14.2 Å². The Morgan fingerprint density at radius 2 is 1.65 bits per heavy atom. The maximum Gasteiger partial charge on any atom is 0.307 e. The average molecular weight is 464 g/mol. The molecule has 34 heavy (non-hydrogen) atoms. The zero-order valence-corrected chi connectivity index (χ0v) is 19.6. The van der Waals surface area contributed by atoms with Crippen molar-refractivity contribution in [2.45, 2.75) is 33.3 Å². The van der Waals surface area contributed by atoms with Crippen molar-refractivity contribution in [2.24, 2.45) is 5.16 Å². The van der Waals surface area contributed by atoms with Crippen LogP contribution in [0.15, 0.2) is 78.0 Å². The van der Waals surface area contributed by atoms with Gasteiger partial charge in [0.25, 0.3) is 0 Å². The van der Waals surface area contributed by atoms with Gasteiger partial charge in [0.2, 0.25) is 0 Å². The lowest BCUT2D eigenvalue weighted by Gasteiger charge is -2.15. The Hall–Kier alpha value is -4.00. The first-order chi connectivity index (χ1) is 16.4. The Morgan fingerprint density at radius 1 is 0.912 bits per heavy atom. The van der Waals surface area contributed by atoms with Gasteiger partial charge in [-0.05, 0) is 62.7 Å². The third-order valence-corrected chi connectivity index (χ3v) is 4.49. The van der Waals surface area contributed by atoms with Gasteiger partial charge in [0.05, 0.1) is 12.5 Å². The summed E-state index contributed by atoms with van der Waals surface area (Å²) in [5.74, 6) is 1.48. The summed E-state index contributed by atoms with van der Waals surface area (Å²) in [6.07, 6.45) is -0.194. The highest BCUT2D eigenvalue weighted by Crippen LogP contribution is 2.26. The van der Waals surface area contributed by atoms with Crippen LogP contribution in [0.1, 0.15) is 31.9 Å². The molecular weight excluding hydrogens is 434 g/mol. The van der Waals surface area contributed by atoms with Gasteiger partial charge in [0.15, 0.2) is 0 Å². The SMILES string of the molecule is CCO/N=C(\COc1cc(CC(=O)O)cc(OC(C)C)c1)c1cccc(Oc2ccccc2)c1. The zero-order chi connectivity index (χ0) is 24.3. The van der Waals surface area contributed by atoms with Crippen LogP contribution in [-0.4, -0.2) is 36.1 Å². The molecule has 0 atom stereocenters. The Balaban J connectivity index is 1.81. The monoisotopic (exact) mass is 463 g/mol. The van der Waals surface area contributed by atoms with Crippen LogP contribution in [-0.2, 0) is 16.1 Å². The van der Waals surface area contributed by atoms with Crippen molar-refractivity contribution in [2.75, 3.05) is 13.2 Å². The molecule has 1 N–H and O–H groups in total. The highest BCUT2D eigenvalue weighted by molar-refractivity contribution is 6.01. The number of carboxylic acid groups (broad SMARTS) is 1. The van der Waals surface area contributed by atoms with Gasteiger partial charge in [-0.2, -0.15) is 0 Å². The molecule has 3 aromatic carbocycles. The van der Waals surface area contributed by atoms with Crippen LogP contribution >= 0.6 is 0 Å².